The van der Waals surface area contributed by atoms with Crippen molar-refractivity contribution in [1.29, 1.82) is 0 Å². The fraction of sp³-hybridized carbons (Fsp3) is 0.194. The van der Waals surface area contributed by atoms with Crippen LogP contribution in [-0.2, 0) is 6.54 Å². The fourth-order valence-corrected chi connectivity index (χ4v) is 6.36. The molecule has 202 valence electrons. The van der Waals surface area contributed by atoms with Crippen LogP contribution >= 0.6 is 22.9 Å². The van der Waals surface area contributed by atoms with Crippen LogP contribution in [0.2, 0.25) is 5.02 Å². The van der Waals surface area contributed by atoms with Gasteiger partial charge in [-0.05, 0) is 60.2 Å². The predicted octanol–water partition coefficient (Wildman–Crippen LogP) is 7.79. The number of phenols is 1. The summed E-state index contributed by atoms with van der Waals surface area (Å²) in [6.07, 6.45) is 4.17. The summed E-state index contributed by atoms with van der Waals surface area (Å²) >= 11 is 7.68. The number of hydrogen-bond acceptors (Lipinski definition) is 5. The summed E-state index contributed by atoms with van der Waals surface area (Å²) in [5.74, 6) is -0.0566. The maximum Gasteiger partial charge on any atom is 0.342 e. The summed E-state index contributed by atoms with van der Waals surface area (Å²) in [6.45, 7) is 0.275. The van der Waals surface area contributed by atoms with Gasteiger partial charge in [-0.2, -0.15) is 9.78 Å². The minimum Gasteiger partial charge on any atom is -0.507 e. The number of benzene rings is 3. The summed E-state index contributed by atoms with van der Waals surface area (Å²) in [5, 5.41) is 22.9. The van der Waals surface area contributed by atoms with E-state index in [1.54, 1.807) is 18.2 Å². The first kappa shape index (κ1) is 26.1. The number of nitrogens with one attached hydrogen (secondary N) is 2. The Labute approximate surface area is 240 Å². The SMILES string of the molecule is O=C(Nc1ccc(-c2cc(C3CCCC3)n(C(=O)NCc3ccccc3Cl)n2)c(O)c1)c1cc2ccccc2s1. The molecule has 1 aliphatic rings. The molecule has 1 fully saturated rings. The van der Waals surface area contributed by atoms with Gasteiger partial charge in [-0.15, -0.1) is 11.3 Å². The molecule has 1 aliphatic carbocycles. The van der Waals surface area contributed by atoms with Crippen molar-refractivity contribution < 1.29 is 14.7 Å². The van der Waals surface area contributed by atoms with Crippen molar-refractivity contribution in [3.8, 4) is 17.0 Å². The van der Waals surface area contributed by atoms with Gasteiger partial charge in [0.2, 0.25) is 0 Å². The zero-order chi connectivity index (χ0) is 27.6. The second-order valence-electron chi connectivity index (χ2n) is 9.93. The molecule has 2 aromatic heterocycles. The molecule has 3 N–H and O–H groups in total. The molecular formula is C31H27ClN4O3S. The number of thiophene rings is 1. The lowest BCUT2D eigenvalue weighted by Gasteiger charge is -2.12. The van der Waals surface area contributed by atoms with Gasteiger partial charge in [-0.3, -0.25) is 4.79 Å². The number of carbonyl (C=O) groups excluding carboxylic acids is 2. The Morgan fingerprint density at radius 2 is 1.77 bits per heavy atom. The number of amides is 2. The molecule has 2 amide bonds. The van der Waals surface area contributed by atoms with E-state index in [0.717, 1.165) is 47.0 Å². The average Bonchev–Trinajstić information content (AvgIpc) is 3.72. The summed E-state index contributed by atoms with van der Waals surface area (Å²) in [7, 11) is 0. The number of rotatable bonds is 6. The number of anilines is 1. The Balaban J connectivity index is 1.23. The molecular weight excluding hydrogens is 544 g/mol. The van der Waals surface area contributed by atoms with Crippen molar-refractivity contribution in [2.75, 3.05) is 5.32 Å². The van der Waals surface area contributed by atoms with Gasteiger partial charge in [-0.25, -0.2) is 4.79 Å². The van der Waals surface area contributed by atoms with E-state index in [2.05, 4.69) is 15.7 Å². The number of carbonyl (C=O) groups is 2. The van der Waals surface area contributed by atoms with Crippen molar-refractivity contribution in [2.45, 2.75) is 38.1 Å². The van der Waals surface area contributed by atoms with Crippen LogP contribution < -0.4 is 10.6 Å². The zero-order valence-corrected chi connectivity index (χ0v) is 23.1. The van der Waals surface area contributed by atoms with E-state index >= 15 is 0 Å². The van der Waals surface area contributed by atoms with Crippen LogP contribution in [0.25, 0.3) is 21.3 Å². The maximum atomic E-state index is 13.2. The minimum atomic E-state index is -0.347. The van der Waals surface area contributed by atoms with E-state index in [4.69, 9.17) is 11.6 Å². The molecule has 1 saturated carbocycles. The highest BCUT2D eigenvalue weighted by molar-refractivity contribution is 7.20. The number of halogens is 1. The number of nitrogens with zero attached hydrogens (tertiary/aromatic N) is 2. The van der Waals surface area contributed by atoms with E-state index < -0.39 is 0 Å². The molecule has 9 heteroatoms. The summed E-state index contributed by atoms with van der Waals surface area (Å²) in [6, 6.07) is 23.6. The van der Waals surface area contributed by atoms with Gasteiger partial charge in [0.1, 0.15) is 5.75 Å². The van der Waals surface area contributed by atoms with E-state index in [1.807, 2.05) is 54.6 Å². The molecule has 2 heterocycles. The summed E-state index contributed by atoms with van der Waals surface area (Å²) in [5.41, 5.74) is 3.09. The Morgan fingerprint density at radius 3 is 2.55 bits per heavy atom. The van der Waals surface area contributed by atoms with E-state index in [0.29, 0.717) is 26.8 Å². The molecule has 3 aromatic carbocycles. The van der Waals surface area contributed by atoms with Crippen molar-refractivity contribution in [3.05, 3.63) is 100 Å². The third-order valence-corrected chi connectivity index (χ3v) is 8.76. The highest BCUT2D eigenvalue weighted by atomic mass is 35.5. The Hall–Kier alpha value is -4.14. The third-order valence-electron chi connectivity index (χ3n) is 7.27. The molecule has 40 heavy (non-hydrogen) atoms. The van der Waals surface area contributed by atoms with E-state index in [-0.39, 0.29) is 30.2 Å². The smallest absolute Gasteiger partial charge is 0.342 e. The topological polar surface area (TPSA) is 96.3 Å². The number of aromatic hydroxyl groups is 1. The first-order chi connectivity index (χ1) is 19.5. The Morgan fingerprint density at radius 1 is 1.00 bits per heavy atom. The standard InChI is InChI=1S/C31H27ClN4O3S/c32-24-11-5-3-10-21(24)18-33-31(39)36-26(19-7-1-2-8-19)17-25(35-36)23-14-13-22(16-27(23)37)34-30(38)29-15-20-9-4-6-12-28(20)40-29/h3-6,9-17,19,37H,1-2,7-8,18H2,(H,33,39)(H,34,38). The third kappa shape index (κ3) is 5.33. The number of hydrogen-bond donors (Lipinski definition) is 3. The van der Waals surface area contributed by atoms with Crippen molar-refractivity contribution in [1.82, 2.24) is 15.1 Å². The largest absolute Gasteiger partial charge is 0.507 e. The van der Waals surface area contributed by atoms with Gasteiger partial charge in [0.25, 0.3) is 5.91 Å². The molecule has 0 spiro atoms. The van der Waals surface area contributed by atoms with Crippen molar-refractivity contribution in [3.63, 3.8) is 0 Å². The molecule has 0 atom stereocenters. The summed E-state index contributed by atoms with van der Waals surface area (Å²) < 4.78 is 2.45. The lowest BCUT2D eigenvalue weighted by atomic mass is 10.0. The van der Waals surface area contributed by atoms with Gasteiger partial charge in [0, 0.05) is 39.5 Å². The number of fused-ring (bicyclic) bond motifs is 1. The molecule has 5 aromatic rings. The van der Waals surface area contributed by atoms with Gasteiger partial charge in [0.15, 0.2) is 0 Å². The van der Waals surface area contributed by atoms with Gasteiger partial charge < -0.3 is 15.7 Å². The predicted molar refractivity (Wildman–Crippen MR) is 159 cm³/mol. The maximum absolute atomic E-state index is 13.2. The lowest BCUT2D eigenvalue weighted by Crippen LogP contribution is -2.30. The molecule has 6 rings (SSSR count). The first-order valence-corrected chi connectivity index (χ1v) is 14.4. The Bertz CT molecular complexity index is 1690. The van der Waals surface area contributed by atoms with Crippen LogP contribution in [0.5, 0.6) is 5.75 Å². The Kier molecular flexibility index (Phi) is 7.28. The first-order valence-electron chi connectivity index (χ1n) is 13.2. The van der Waals surface area contributed by atoms with Crippen LogP contribution in [0.3, 0.4) is 0 Å². The second-order valence-corrected chi connectivity index (χ2v) is 11.4. The highest BCUT2D eigenvalue weighted by Gasteiger charge is 2.26. The van der Waals surface area contributed by atoms with Crippen LogP contribution in [-0.4, -0.2) is 26.8 Å². The normalized spacial score (nSPS) is 13.5. The average molecular weight is 571 g/mol. The molecule has 0 saturated heterocycles. The van der Waals surface area contributed by atoms with Crippen LogP contribution in [0.4, 0.5) is 10.5 Å². The zero-order valence-electron chi connectivity index (χ0n) is 21.6. The second kappa shape index (κ2) is 11.2. The highest BCUT2D eigenvalue weighted by Crippen LogP contribution is 2.38. The number of aromatic nitrogens is 2. The van der Waals surface area contributed by atoms with E-state index in [1.165, 1.54) is 22.1 Å². The van der Waals surface area contributed by atoms with Crippen LogP contribution in [0.15, 0.2) is 78.9 Å². The van der Waals surface area contributed by atoms with Crippen LogP contribution in [0, 0.1) is 0 Å². The monoisotopic (exact) mass is 570 g/mol. The quantitative estimate of drug-likeness (QED) is 0.194. The molecule has 0 bridgehead atoms. The minimum absolute atomic E-state index is 0.0340. The van der Waals surface area contributed by atoms with Gasteiger partial charge in [0.05, 0.1) is 16.3 Å². The molecule has 0 unspecified atom stereocenters. The fourth-order valence-electron chi connectivity index (χ4n) is 5.20. The van der Waals surface area contributed by atoms with Crippen molar-refractivity contribution >= 4 is 50.6 Å². The van der Waals surface area contributed by atoms with E-state index in [9.17, 15) is 14.7 Å². The lowest BCUT2D eigenvalue weighted by molar-refractivity contribution is 0.103. The molecule has 0 aliphatic heterocycles. The van der Waals surface area contributed by atoms with Crippen molar-refractivity contribution in [2.24, 2.45) is 0 Å². The molecule has 7 nitrogen and oxygen atoms in total. The van der Waals surface area contributed by atoms with Gasteiger partial charge in [-0.1, -0.05) is 60.8 Å². The van der Waals surface area contributed by atoms with Gasteiger partial charge >= 0.3 is 6.03 Å². The summed E-state index contributed by atoms with van der Waals surface area (Å²) in [4.78, 5) is 26.7. The van der Waals surface area contributed by atoms with Crippen LogP contribution in [0.1, 0.15) is 52.5 Å². The molecule has 0 radical (unpaired) electrons. The number of phenolic OH excluding ortho intramolecular Hbond substituents is 1.